The van der Waals surface area contributed by atoms with Gasteiger partial charge in [-0.05, 0) is 79.4 Å². The van der Waals surface area contributed by atoms with Gasteiger partial charge in [0.05, 0.1) is 11.4 Å². The number of amides is 5. The van der Waals surface area contributed by atoms with Gasteiger partial charge in [0.2, 0.25) is 11.8 Å². The molecular weight excluding hydrogens is 751 g/mol. The lowest BCUT2D eigenvalue weighted by Gasteiger charge is -2.50. The zero-order chi connectivity index (χ0) is 40.2. The number of ether oxygens (including phenoxy) is 1. The van der Waals surface area contributed by atoms with Gasteiger partial charge in [-0.3, -0.25) is 24.6 Å². The standard InChI is InChI=1S/C43H45N11O5/c44-39-37-38(27-8-11-33(12-9-27)59-32-6-2-1-3-7-32)48-54(40(37)46-26-45-39)30-5-4-16-51(23-30)43(58)52-24-31(25-52)50-19-17-49(18-20-50)29-10-13-34-28(21-29)22-53(42(34)57)35-14-15-36(55)47-41(35)56/h1-3,6-13,21,26,30-31,35H,4-5,14-20,22-25H2,(H2,44,45,46)(H,47,55,56)/t30-,35?/m1/s1. The van der Waals surface area contributed by atoms with Crippen molar-refractivity contribution >= 4 is 46.3 Å². The number of anilines is 2. The number of nitrogens with one attached hydrogen (secondary N) is 1. The largest absolute Gasteiger partial charge is 0.457 e. The van der Waals surface area contributed by atoms with Crippen molar-refractivity contribution in [2.45, 2.75) is 50.4 Å². The number of carbonyl (C=O) groups is 4. The first-order valence-electron chi connectivity index (χ1n) is 20.4. The van der Waals surface area contributed by atoms with Crippen LogP contribution < -0.4 is 20.7 Å². The second-order valence-corrected chi connectivity index (χ2v) is 16.0. The maximum Gasteiger partial charge on any atom is 0.320 e. The van der Waals surface area contributed by atoms with Gasteiger partial charge in [-0.15, -0.1) is 0 Å². The van der Waals surface area contributed by atoms with Gasteiger partial charge in [-0.25, -0.2) is 19.4 Å². The first-order valence-corrected chi connectivity index (χ1v) is 20.4. The first-order chi connectivity index (χ1) is 28.8. The molecule has 0 aliphatic carbocycles. The summed E-state index contributed by atoms with van der Waals surface area (Å²) >= 11 is 0. The Hall–Kier alpha value is -6.55. The molecule has 1 unspecified atom stereocenters. The quantitative estimate of drug-likeness (QED) is 0.229. The molecule has 5 amide bonds. The SMILES string of the molecule is Nc1ncnc2c1c(-c1ccc(Oc3ccccc3)cc1)nn2[C@@H]1CCCN(C(=O)N2CC(N3CCN(c4ccc5c(c4)CN(C4CCC(=O)NC4=O)C5=O)CC3)C2)C1. The molecule has 0 saturated carbocycles. The number of hydrogen-bond acceptors (Lipinski definition) is 11. The number of imide groups is 1. The van der Waals surface area contributed by atoms with Gasteiger partial charge in [0.1, 0.15) is 35.4 Å². The van der Waals surface area contributed by atoms with Crippen LogP contribution in [-0.2, 0) is 16.1 Å². The number of likely N-dealkylation sites (tertiary alicyclic amines) is 2. The van der Waals surface area contributed by atoms with Crippen LogP contribution in [-0.4, -0.2) is 128 Å². The van der Waals surface area contributed by atoms with Gasteiger partial charge in [-0.1, -0.05) is 18.2 Å². The fraction of sp³-hybridized carbons (Fsp3) is 0.372. The number of fused-ring (bicyclic) bond motifs is 2. The minimum Gasteiger partial charge on any atom is -0.457 e. The number of nitrogens with zero attached hydrogens (tertiary/aromatic N) is 9. The minimum atomic E-state index is -0.624. The van der Waals surface area contributed by atoms with Gasteiger partial charge in [-0.2, -0.15) is 5.10 Å². The second-order valence-electron chi connectivity index (χ2n) is 16.0. The fourth-order valence-corrected chi connectivity index (χ4v) is 9.23. The lowest BCUT2D eigenvalue weighted by atomic mass is 10.0. The van der Waals surface area contributed by atoms with Gasteiger partial charge in [0.25, 0.3) is 5.91 Å². The molecule has 2 aromatic heterocycles. The molecule has 5 aliphatic rings. The third-order valence-electron chi connectivity index (χ3n) is 12.5. The molecule has 10 rings (SSSR count). The summed E-state index contributed by atoms with van der Waals surface area (Å²) < 4.78 is 7.93. The van der Waals surface area contributed by atoms with Crippen molar-refractivity contribution in [3.63, 3.8) is 0 Å². The Bertz CT molecular complexity index is 2440. The van der Waals surface area contributed by atoms with E-state index in [9.17, 15) is 19.2 Å². The Labute approximate surface area is 340 Å². The Morgan fingerprint density at radius 3 is 2.36 bits per heavy atom. The molecule has 4 saturated heterocycles. The number of piperidine rings is 2. The number of benzene rings is 3. The molecule has 7 heterocycles. The lowest BCUT2D eigenvalue weighted by molar-refractivity contribution is -0.136. The molecule has 2 atom stereocenters. The predicted octanol–water partition coefficient (Wildman–Crippen LogP) is 3.89. The highest BCUT2D eigenvalue weighted by Crippen LogP contribution is 2.36. The van der Waals surface area contributed by atoms with Crippen LogP contribution in [0.3, 0.4) is 0 Å². The Morgan fingerprint density at radius 1 is 0.814 bits per heavy atom. The molecule has 3 aromatic carbocycles. The van der Waals surface area contributed by atoms with Crippen molar-refractivity contribution in [2.24, 2.45) is 0 Å². The minimum absolute atomic E-state index is 0.0588. The van der Waals surface area contributed by atoms with Crippen molar-refractivity contribution < 1.29 is 23.9 Å². The Balaban J connectivity index is 0.747. The van der Waals surface area contributed by atoms with E-state index < -0.39 is 11.9 Å². The molecule has 4 fully saturated rings. The fourth-order valence-electron chi connectivity index (χ4n) is 9.23. The molecule has 5 aromatic rings. The maximum atomic E-state index is 13.9. The summed E-state index contributed by atoms with van der Waals surface area (Å²) in [6.07, 6.45) is 3.76. The van der Waals surface area contributed by atoms with Crippen LogP contribution in [0.2, 0.25) is 0 Å². The van der Waals surface area contributed by atoms with E-state index in [-0.39, 0.29) is 30.3 Å². The van der Waals surface area contributed by atoms with E-state index in [0.717, 1.165) is 61.6 Å². The van der Waals surface area contributed by atoms with Crippen molar-refractivity contribution in [1.29, 1.82) is 0 Å². The number of hydrogen-bond donors (Lipinski definition) is 2. The number of carbonyl (C=O) groups excluding carboxylic acids is 4. The van der Waals surface area contributed by atoms with Crippen LogP contribution in [0.15, 0.2) is 79.1 Å². The molecule has 0 bridgehead atoms. The molecule has 302 valence electrons. The van der Waals surface area contributed by atoms with Crippen LogP contribution in [0.5, 0.6) is 11.5 Å². The van der Waals surface area contributed by atoms with Gasteiger partial charge in [0, 0.05) is 88.2 Å². The predicted molar refractivity (Wildman–Crippen MR) is 219 cm³/mol. The van der Waals surface area contributed by atoms with E-state index in [4.69, 9.17) is 15.6 Å². The van der Waals surface area contributed by atoms with Gasteiger partial charge in [0.15, 0.2) is 5.65 Å². The van der Waals surface area contributed by atoms with Crippen molar-refractivity contribution in [3.8, 4) is 22.8 Å². The monoisotopic (exact) mass is 795 g/mol. The average molecular weight is 796 g/mol. The third-order valence-corrected chi connectivity index (χ3v) is 12.5. The van der Waals surface area contributed by atoms with E-state index >= 15 is 0 Å². The zero-order valence-electron chi connectivity index (χ0n) is 32.6. The van der Waals surface area contributed by atoms with Crippen LogP contribution in [0, 0.1) is 0 Å². The number of nitrogens with two attached hydrogens (primary N) is 1. The second kappa shape index (κ2) is 15.0. The number of urea groups is 1. The Morgan fingerprint density at radius 2 is 1.58 bits per heavy atom. The summed E-state index contributed by atoms with van der Waals surface area (Å²) in [6.45, 7) is 6.39. The van der Waals surface area contributed by atoms with Crippen LogP contribution in [0.4, 0.5) is 16.3 Å². The lowest BCUT2D eigenvalue weighted by Crippen LogP contribution is -2.66. The highest BCUT2D eigenvalue weighted by molar-refractivity contribution is 6.05. The van der Waals surface area contributed by atoms with Gasteiger partial charge >= 0.3 is 6.03 Å². The molecule has 3 N–H and O–H groups in total. The van der Waals surface area contributed by atoms with Crippen LogP contribution in [0.1, 0.15) is 47.6 Å². The number of aromatic nitrogens is 4. The highest BCUT2D eigenvalue weighted by atomic mass is 16.5. The van der Waals surface area contributed by atoms with Crippen molar-refractivity contribution in [2.75, 3.05) is 63.0 Å². The number of rotatable bonds is 7. The van der Waals surface area contributed by atoms with E-state index in [1.807, 2.05) is 81.2 Å². The first kappa shape index (κ1) is 36.8. The summed E-state index contributed by atoms with van der Waals surface area (Å²) in [4.78, 5) is 70.4. The number of para-hydroxylation sites is 1. The number of nitrogen functional groups attached to an aromatic ring is 1. The maximum absolute atomic E-state index is 13.9. The van der Waals surface area contributed by atoms with Crippen molar-refractivity contribution in [1.82, 2.24) is 44.7 Å². The van der Waals surface area contributed by atoms with E-state index in [2.05, 4.69) is 31.2 Å². The summed E-state index contributed by atoms with van der Waals surface area (Å²) in [7, 11) is 0. The molecule has 0 radical (unpaired) electrons. The summed E-state index contributed by atoms with van der Waals surface area (Å²) in [5, 5.41) is 8.13. The van der Waals surface area contributed by atoms with E-state index in [1.54, 1.807) is 4.90 Å². The molecule has 16 heteroatoms. The molecule has 0 spiro atoms. The number of piperazine rings is 1. The topological polar surface area (TPSA) is 175 Å². The molecule has 59 heavy (non-hydrogen) atoms. The van der Waals surface area contributed by atoms with Crippen molar-refractivity contribution in [3.05, 3.63) is 90.3 Å². The normalized spacial score (nSPS) is 21.5. The highest BCUT2D eigenvalue weighted by Gasteiger charge is 2.41. The Kier molecular flexibility index (Phi) is 9.34. The molecule has 16 nitrogen and oxygen atoms in total. The third kappa shape index (κ3) is 6.86. The smallest absolute Gasteiger partial charge is 0.320 e. The van der Waals surface area contributed by atoms with E-state index in [1.165, 1.54) is 6.33 Å². The van der Waals surface area contributed by atoms with E-state index in [0.29, 0.717) is 79.0 Å². The molecular formula is C43H45N11O5. The molecule has 5 aliphatic heterocycles. The summed E-state index contributed by atoms with van der Waals surface area (Å²) in [5.41, 5.74) is 11.2. The van der Waals surface area contributed by atoms with Gasteiger partial charge < -0.3 is 30.1 Å². The van der Waals surface area contributed by atoms with Crippen LogP contribution in [0.25, 0.3) is 22.3 Å². The summed E-state index contributed by atoms with van der Waals surface area (Å²) in [6, 6.07) is 23.0. The zero-order valence-corrected chi connectivity index (χ0v) is 32.6. The van der Waals surface area contributed by atoms with Crippen LogP contribution >= 0.6 is 0 Å². The average Bonchev–Trinajstić information content (AvgIpc) is 3.79. The summed E-state index contributed by atoms with van der Waals surface area (Å²) in [5.74, 6) is 0.976.